The molecule has 2 aromatic carbocycles. The quantitative estimate of drug-likeness (QED) is 0.808. The second-order valence-electron chi connectivity index (χ2n) is 4.82. The molecule has 2 rings (SSSR count). The zero-order valence-electron chi connectivity index (χ0n) is 12.2. The molecule has 0 atom stereocenters. The van der Waals surface area contributed by atoms with Gasteiger partial charge in [0.05, 0.1) is 7.11 Å². The van der Waals surface area contributed by atoms with Crippen molar-refractivity contribution in [2.45, 2.75) is 19.9 Å². The molecule has 0 aliphatic rings. The summed E-state index contributed by atoms with van der Waals surface area (Å²) in [7, 11) is 1.58. The second kappa shape index (κ2) is 7.18. The van der Waals surface area contributed by atoms with Gasteiger partial charge in [0.1, 0.15) is 17.4 Å². The Morgan fingerprint density at radius 3 is 2.57 bits per heavy atom. The molecule has 1 N–H and O–H groups in total. The summed E-state index contributed by atoms with van der Waals surface area (Å²) in [5, 5.41) is 3.28. The van der Waals surface area contributed by atoms with Gasteiger partial charge in [-0.15, -0.1) is 0 Å². The highest BCUT2D eigenvalue weighted by Crippen LogP contribution is 2.30. The van der Waals surface area contributed by atoms with Crippen molar-refractivity contribution in [3.05, 3.63) is 53.6 Å². The first-order valence-electron chi connectivity index (χ1n) is 6.98. The van der Waals surface area contributed by atoms with Gasteiger partial charge in [0.15, 0.2) is 0 Å². The average molecular weight is 291 g/mol. The lowest BCUT2D eigenvalue weighted by Crippen LogP contribution is -2.14. The summed E-state index contributed by atoms with van der Waals surface area (Å²) in [5.74, 6) is -0.183. The predicted octanol–water partition coefficient (Wildman–Crippen LogP) is 4.14. The number of halogens is 2. The number of hydrogen-bond donors (Lipinski definition) is 1. The molecule has 112 valence electrons. The van der Waals surface area contributed by atoms with Crippen LogP contribution in [0.5, 0.6) is 5.75 Å². The van der Waals surface area contributed by atoms with E-state index in [9.17, 15) is 8.78 Å². The number of nitrogens with one attached hydrogen (secondary N) is 1. The summed E-state index contributed by atoms with van der Waals surface area (Å²) in [5.41, 5.74) is 1.83. The van der Waals surface area contributed by atoms with Gasteiger partial charge in [-0.05, 0) is 54.4 Å². The van der Waals surface area contributed by atoms with Gasteiger partial charge < -0.3 is 10.1 Å². The van der Waals surface area contributed by atoms with Crippen molar-refractivity contribution in [3.63, 3.8) is 0 Å². The van der Waals surface area contributed by atoms with Gasteiger partial charge in [-0.2, -0.15) is 0 Å². The summed E-state index contributed by atoms with van der Waals surface area (Å²) < 4.78 is 32.6. The number of methoxy groups -OCH3 is 1. The number of benzene rings is 2. The maximum Gasteiger partial charge on any atom is 0.131 e. The molecule has 0 heterocycles. The van der Waals surface area contributed by atoms with Gasteiger partial charge in [0, 0.05) is 12.1 Å². The predicted molar refractivity (Wildman–Crippen MR) is 80.3 cm³/mol. The maximum atomic E-state index is 14.0. The van der Waals surface area contributed by atoms with Gasteiger partial charge in [0.2, 0.25) is 0 Å². The third kappa shape index (κ3) is 3.79. The molecule has 0 amide bonds. The van der Waals surface area contributed by atoms with Crippen molar-refractivity contribution >= 4 is 0 Å². The van der Waals surface area contributed by atoms with E-state index in [1.807, 2.05) is 6.07 Å². The molecule has 0 saturated carbocycles. The van der Waals surface area contributed by atoms with E-state index in [1.165, 1.54) is 6.07 Å². The van der Waals surface area contributed by atoms with E-state index in [-0.39, 0.29) is 5.56 Å². The Balaban J connectivity index is 2.43. The van der Waals surface area contributed by atoms with Crippen LogP contribution in [0.1, 0.15) is 18.9 Å². The summed E-state index contributed by atoms with van der Waals surface area (Å²) in [6, 6.07) is 8.86. The molecular formula is C17H19F2NO. The fourth-order valence-electron chi connectivity index (χ4n) is 2.21. The first-order chi connectivity index (χ1) is 10.2. The molecule has 0 fully saturated rings. The van der Waals surface area contributed by atoms with E-state index >= 15 is 0 Å². The van der Waals surface area contributed by atoms with E-state index in [0.29, 0.717) is 17.9 Å². The summed E-state index contributed by atoms with van der Waals surface area (Å²) in [6.07, 6.45) is 1.01. The summed E-state index contributed by atoms with van der Waals surface area (Å²) in [6.45, 7) is 3.52. The lowest BCUT2D eigenvalue weighted by Gasteiger charge is -2.13. The second-order valence-corrected chi connectivity index (χ2v) is 4.82. The monoisotopic (exact) mass is 291 g/mol. The number of hydrogen-bond acceptors (Lipinski definition) is 2. The van der Waals surface area contributed by atoms with Crippen LogP contribution in [0.2, 0.25) is 0 Å². The maximum absolute atomic E-state index is 14.0. The zero-order chi connectivity index (χ0) is 15.2. The van der Waals surface area contributed by atoms with Crippen molar-refractivity contribution in [1.82, 2.24) is 5.32 Å². The van der Waals surface area contributed by atoms with E-state index in [2.05, 4.69) is 12.2 Å². The molecule has 0 spiro atoms. The molecule has 0 radical (unpaired) electrons. The zero-order valence-corrected chi connectivity index (χ0v) is 12.2. The van der Waals surface area contributed by atoms with Gasteiger partial charge in [-0.1, -0.05) is 13.0 Å². The molecule has 0 unspecified atom stereocenters. The topological polar surface area (TPSA) is 21.3 Å². The van der Waals surface area contributed by atoms with Gasteiger partial charge in [-0.25, -0.2) is 8.78 Å². The Labute approximate surface area is 123 Å². The highest BCUT2D eigenvalue weighted by molar-refractivity contribution is 5.69. The molecule has 0 saturated heterocycles. The van der Waals surface area contributed by atoms with Crippen molar-refractivity contribution in [1.29, 1.82) is 0 Å². The van der Waals surface area contributed by atoms with Gasteiger partial charge >= 0.3 is 0 Å². The minimum absolute atomic E-state index is 0.269. The van der Waals surface area contributed by atoms with Crippen molar-refractivity contribution in [2.75, 3.05) is 13.7 Å². The average Bonchev–Trinajstić information content (AvgIpc) is 2.50. The normalized spacial score (nSPS) is 10.7. The van der Waals surface area contributed by atoms with Gasteiger partial charge in [-0.3, -0.25) is 0 Å². The minimum atomic E-state index is -0.449. The SMILES string of the molecule is CCCNCc1cc(OC)ccc1-c1cc(F)ccc1F. The first-order valence-corrected chi connectivity index (χ1v) is 6.98. The first kappa shape index (κ1) is 15.4. The Kier molecular flexibility index (Phi) is 5.28. The van der Waals surface area contributed by atoms with E-state index < -0.39 is 11.6 Å². The highest BCUT2D eigenvalue weighted by Gasteiger charge is 2.12. The fraction of sp³-hybridized carbons (Fsp3) is 0.294. The van der Waals surface area contributed by atoms with Crippen molar-refractivity contribution in [2.24, 2.45) is 0 Å². The minimum Gasteiger partial charge on any atom is -0.497 e. The molecule has 0 bridgehead atoms. The molecular weight excluding hydrogens is 272 g/mol. The lowest BCUT2D eigenvalue weighted by molar-refractivity contribution is 0.414. The Hall–Kier alpha value is -1.94. The van der Waals surface area contributed by atoms with Crippen LogP contribution >= 0.6 is 0 Å². The Morgan fingerprint density at radius 1 is 1.05 bits per heavy atom. The van der Waals surface area contributed by atoms with Crippen LogP contribution in [-0.4, -0.2) is 13.7 Å². The number of rotatable bonds is 6. The third-order valence-electron chi connectivity index (χ3n) is 3.27. The van der Waals surface area contributed by atoms with Crippen LogP contribution in [0.25, 0.3) is 11.1 Å². The molecule has 4 heteroatoms. The van der Waals surface area contributed by atoms with Crippen LogP contribution in [0.4, 0.5) is 8.78 Å². The Bertz CT molecular complexity index is 614. The smallest absolute Gasteiger partial charge is 0.131 e. The molecule has 0 aromatic heterocycles. The summed E-state index contributed by atoms with van der Waals surface area (Å²) >= 11 is 0. The molecule has 0 aliphatic carbocycles. The van der Waals surface area contributed by atoms with E-state index in [0.717, 1.165) is 30.7 Å². The van der Waals surface area contributed by atoms with Crippen LogP contribution in [0.15, 0.2) is 36.4 Å². The van der Waals surface area contributed by atoms with Crippen LogP contribution in [-0.2, 0) is 6.54 Å². The molecule has 2 nitrogen and oxygen atoms in total. The largest absolute Gasteiger partial charge is 0.497 e. The molecule has 21 heavy (non-hydrogen) atoms. The van der Waals surface area contributed by atoms with Crippen LogP contribution in [0, 0.1) is 11.6 Å². The van der Waals surface area contributed by atoms with Crippen molar-refractivity contribution in [3.8, 4) is 16.9 Å². The van der Waals surface area contributed by atoms with Gasteiger partial charge in [0.25, 0.3) is 0 Å². The summed E-state index contributed by atoms with van der Waals surface area (Å²) in [4.78, 5) is 0. The molecule has 2 aromatic rings. The Morgan fingerprint density at radius 2 is 1.86 bits per heavy atom. The lowest BCUT2D eigenvalue weighted by atomic mass is 9.98. The third-order valence-corrected chi connectivity index (χ3v) is 3.27. The van der Waals surface area contributed by atoms with E-state index in [1.54, 1.807) is 19.2 Å². The van der Waals surface area contributed by atoms with Crippen molar-refractivity contribution < 1.29 is 13.5 Å². The van der Waals surface area contributed by atoms with Crippen LogP contribution < -0.4 is 10.1 Å². The van der Waals surface area contributed by atoms with Crippen LogP contribution in [0.3, 0.4) is 0 Å². The fourth-order valence-corrected chi connectivity index (χ4v) is 2.21. The van der Waals surface area contributed by atoms with E-state index in [4.69, 9.17) is 4.74 Å². The number of ether oxygens (including phenoxy) is 1. The standard InChI is InChI=1S/C17H19F2NO/c1-3-8-20-11-12-9-14(21-2)5-6-15(12)16-10-13(18)4-7-17(16)19/h4-7,9-10,20H,3,8,11H2,1-2H3. The highest BCUT2D eigenvalue weighted by atomic mass is 19.1. The molecule has 0 aliphatic heterocycles.